The van der Waals surface area contributed by atoms with E-state index in [1.54, 1.807) is 19.2 Å². The number of hydrogen-bond acceptors (Lipinski definition) is 6. The summed E-state index contributed by atoms with van der Waals surface area (Å²) < 4.78 is 32.8. The molecule has 1 heterocycles. The quantitative estimate of drug-likeness (QED) is 0.198. The number of ether oxygens (including phenoxy) is 1. The van der Waals surface area contributed by atoms with Gasteiger partial charge in [0.1, 0.15) is 24.1 Å². The van der Waals surface area contributed by atoms with E-state index in [1.807, 2.05) is 0 Å². The highest BCUT2D eigenvalue weighted by molar-refractivity contribution is 6.31. The van der Waals surface area contributed by atoms with E-state index in [1.165, 1.54) is 41.4 Å². The normalized spacial score (nSPS) is 11.5. The average molecular weight is 606 g/mol. The van der Waals surface area contributed by atoms with Crippen LogP contribution in [0.5, 0.6) is 0 Å². The highest BCUT2D eigenvalue weighted by Gasteiger charge is 2.22. The molecule has 226 valence electrons. The minimum absolute atomic E-state index is 0.0297. The third kappa shape index (κ3) is 10.1. The molecule has 0 aliphatic rings. The molecule has 42 heavy (non-hydrogen) atoms. The van der Waals surface area contributed by atoms with Crippen molar-refractivity contribution in [2.45, 2.75) is 38.1 Å². The monoisotopic (exact) mass is 605 g/mol. The van der Waals surface area contributed by atoms with Gasteiger partial charge in [0, 0.05) is 44.7 Å². The molecule has 3 aromatic rings. The van der Waals surface area contributed by atoms with Gasteiger partial charge in [-0.2, -0.15) is 0 Å². The minimum Gasteiger partial charge on any atom is -0.447 e. The number of nitrogens with one attached hydrogen (secondary N) is 3. The summed E-state index contributed by atoms with van der Waals surface area (Å²) in [5.41, 5.74) is 0.504. The number of anilines is 1. The van der Waals surface area contributed by atoms with Gasteiger partial charge in [0.05, 0.1) is 11.1 Å². The van der Waals surface area contributed by atoms with Crippen LogP contribution in [0.1, 0.15) is 31.2 Å². The Balaban J connectivity index is 1.58. The number of amides is 4. The van der Waals surface area contributed by atoms with Crippen molar-refractivity contribution in [3.8, 4) is 0 Å². The van der Waals surface area contributed by atoms with Gasteiger partial charge in [-0.3, -0.25) is 10.1 Å². The van der Waals surface area contributed by atoms with Crippen molar-refractivity contribution in [3.63, 3.8) is 0 Å². The van der Waals surface area contributed by atoms with Gasteiger partial charge in [-0.15, -0.1) is 0 Å². The molecule has 1 atom stereocenters. The number of benzene rings is 2. The predicted molar refractivity (Wildman–Crippen MR) is 155 cm³/mol. The summed E-state index contributed by atoms with van der Waals surface area (Å²) in [6.07, 6.45) is 2.25. The second kappa shape index (κ2) is 16.4. The largest absolute Gasteiger partial charge is 0.447 e. The molecule has 0 aliphatic heterocycles. The predicted octanol–water partition coefficient (Wildman–Crippen LogP) is 4.64. The molecule has 0 bridgehead atoms. The second-order valence-electron chi connectivity index (χ2n) is 9.56. The molecule has 0 unspecified atom stereocenters. The molecule has 4 amide bonds. The molecule has 0 spiro atoms. The lowest BCUT2D eigenvalue weighted by atomic mass is 10.1. The summed E-state index contributed by atoms with van der Waals surface area (Å²) in [4.78, 5) is 43.0. The maximum Gasteiger partial charge on any atom is 0.412 e. The average Bonchev–Trinajstić information content (AvgIpc) is 2.97. The van der Waals surface area contributed by atoms with E-state index in [0.717, 1.165) is 0 Å². The summed E-state index contributed by atoms with van der Waals surface area (Å²) in [6, 6.07) is 9.22. The first-order chi connectivity index (χ1) is 20.2. The molecular formula is C29H34ClF2N5O5. The van der Waals surface area contributed by atoms with Gasteiger partial charge < -0.3 is 25.4 Å². The highest BCUT2D eigenvalue weighted by Crippen LogP contribution is 2.22. The number of pyridine rings is 1. The molecule has 0 radical (unpaired) electrons. The molecule has 0 saturated heterocycles. The number of aliphatic hydroxyl groups excluding tert-OH is 1. The van der Waals surface area contributed by atoms with Gasteiger partial charge in [0.2, 0.25) is 5.91 Å². The second-order valence-corrected chi connectivity index (χ2v) is 9.94. The van der Waals surface area contributed by atoms with Crippen molar-refractivity contribution in [3.05, 3.63) is 70.9 Å². The van der Waals surface area contributed by atoms with Crippen LogP contribution in [0, 0.1) is 11.6 Å². The van der Waals surface area contributed by atoms with Crippen LogP contribution in [0.15, 0.2) is 48.7 Å². The Bertz CT molecular complexity index is 1380. The van der Waals surface area contributed by atoms with Gasteiger partial charge in [0.25, 0.3) is 0 Å². The highest BCUT2D eigenvalue weighted by atomic mass is 35.5. The zero-order chi connectivity index (χ0) is 30.5. The number of rotatable bonds is 14. The van der Waals surface area contributed by atoms with Gasteiger partial charge >= 0.3 is 12.1 Å². The number of hydrogen-bond donors (Lipinski definition) is 4. The Hall–Kier alpha value is -4.03. The van der Waals surface area contributed by atoms with Crippen molar-refractivity contribution in [2.24, 2.45) is 0 Å². The van der Waals surface area contributed by atoms with E-state index in [4.69, 9.17) is 21.4 Å². The fraction of sp³-hybridized carbons (Fsp3) is 0.379. The molecule has 1 aromatic heterocycles. The number of halogens is 3. The van der Waals surface area contributed by atoms with Gasteiger partial charge in [-0.25, -0.2) is 23.4 Å². The summed E-state index contributed by atoms with van der Waals surface area (Å²) in [5.74, 6) is -1.08. The third-order valence-electron chi connectivity index (χ3n) is 6.52. The van der Waals surface area contributed by atoms with Crippen LogP contribution >= 0.6 is 11.6 Å². The van der Waals surface area contributed by atoms with Crippen LogP contribution in [0.3, 0.4) is 0 Å². The number of fused-ring (bicyclic) bond motifs is 1. The van der Waals surface area contributed by atoms with E-state index in [9.17, 15) is 23.2 Å². The fourth-order valence-electron chi connectivity index (χ4n) is 4.13. The first-order valence-electron chi connectivity index (χ1n) is 13.5. The number of carbonyl (C=O) groups excluding carboxylic acids is 3. The lowest BCUT2D eigenvalue weighted by Gasteiger charge is -2.28. The third-order valence-corrected chi connectivity index (χ3v) is 6.95. The van der Waals surface area contributed by atoms with E-state index < -0.39 is 23.8 Å². The molecule has 3 rings (SSSR count). The van der Waals surface area contributed by atoms with E-state index in [2.05, 4.69) is 20.9 Å². The van der Waals surface area contributed by atoms with Gasteiger partial charge in [-0.05, 0) is 67.0 Å². The van der Waals surface area contributed by atoms with E-state index in [0.29, 0.717) is 48.7 Å². The summed E-state index contributed by atoms with van der Waals surface area (Å²) >= 11 is 6.02. The number of nitrogens with zero attached hydrogens (tertiary/aromatic N) is 2. The summed E-state index contributed by atoms with van der Waals surface area (Å²) in [6.45, 7) is 0.449. The number of likely N-dealkylation sites (N-methyl/N-ethyl adjacent to an activating group) is 1. The minimum atomic E-state index is -0.808. The van der Waals surface area contributed by atoms with Crippen LogP contribution < -0.4 is 16.0 Å². The number of carbonyl (C=O) groups is 3. The van der Waals surface area contributed by atoms with E-state index >= 15 is 0 Å². The summed E-state index contributed by atoms with van der Waals surface area (Å²) in [7, 11) is 1.58. The van der Waals surface area contributed by atoms with E-state index in [-0.39, 0.29) is 48.8 Å². The molecule has 0 aliphatic carbocycles. The van der Waals surface area contributed by atoms with Crippen LogP contribution in [0.4, 0.5) is 24.2 Å². The standard InChI is InChI=1S/C29H34ClF2N5O5/c1-37(26(39)11-9-19-5-2-7-24(32)27(19)30)23(6-3-12-33-28(40)34-13-4-14-38)18-42-29(41)36-25-16-21-15-22(31)10-8-20(21)17-35-25/h2,5,7-8,10,15-17,23,38H,3-4,6,9,11-14,18H2,1H3,(H2,33,34,40)(H,35,36,41)/t23-/m0/s1. The number of aryl methyl sites for hydroxylation is 1. The summed E-state index contributed by atoms with van der Waals surface area (Å²) in [5, 5.41) is 17.9. The zero-order valence-electron chi connectivity index (χ0n) is 23.2. The first-order valence-corrected chi connectivity index (χ1v) is 13.9. The lowest BCUT2D eigenvalue weighted by Crippen LogP contribution is -2.42. The Morgan fingerprint density at radius 1 is 1.07 bits per heavy atom. The maximum atomic E-state index is 13.8. The van der Waals surface area contributed by atoms with Gasteiger partial charge in [0.15, 0.2) is 0 Å². The van der Waals surface area contributed by atoms with Crippen molar-refractivity contribution in [1.82, 2.24) is 20.5 Å². The van der Waals surface area contributed by atoms with Crippen LogP contribution in [0.2, 0.25) is 5.02 Å². The first kappa shape index (κ1) is 32.5. The molecule has 4 N–H and O–H groups in total. The lowest BCUT2D eigenvalue weighted by molar-refractivity contribution is -0.132. The molecular weight excluding hydrogens is 572 g/mol. The fourth-order valence-corrected chi connectivity index (χ4v) is 4.35. The topological polar surface area (TPSA) is 133 Å². The number of urea groups is 1. The van der Waals surface area contributed by atoms with Crippen molar-refractivity contribution < 1.29 is 33.0 Å². The molecule has 0 saturated carbocycles. The van der Waals surface area contributed by atoms with Crippen LogP contribution in [-0.4, -0.2) is 72.4 Å². The molecule has 2 aromatic carbocycles. The molecule has 13 heteroatoms. The van der Waals surface area contributed by atoms with Gasteiger partial charge in [-0.1, -0.05) is 23.7 Å². The molecule has 10 nitrogen and oxygen atoms in total. The van der Waals surface area contributed by atoms with Crippen LogP contribution in [0.25, 0.3) is 10.8 Å². The number of aliphatic hydroxyl groups is 1. The van der Waals surface area contributed by atoms with Crippen molar-refractivity contribution in [2.75, 3.05) is 38.7 Å². The number of aromatic nitrogens is 1. The Kier molecular flexibility index (Phi) is 12.7. The smallest absolute Gasteiger partial charge is 0.412 e. The SMILES string of the molecule is CN(C(=O)CCc1cccc(F)c1Cl)[C@@H](CCCNC(=O)NCCCO)COC(=O)Nc1cc2cc(F)ccc2cn1. The maximum absolute atomic E-state index is 13.8. The Labute approximate surface area is 247 Å². The van der Waals surface area contributed by atoms with Crippen molar-refractivity contribution in [1.29, 1.82) is 0 Å². The zero-order valence-corrected chi connectivity index (χ0v) is 23.9. The Morgan fingerprint density at radius 3 is 2.60 bits per heavy atom. The van der Waals surface area contributed by atoms with Crippen LogP contribution in [-0.2, 0) is 16.0 Å². The molecule has 0 fully saturated rings. The van der Waals surface area contributed by atoms with Crippen molar-refractivity contribution >= 4 is 46.2 Å². The Morgan fingerprint density at radius 2 is 1.83 bits per heavy atom.